The molecule has 47 heavy (non-hydrogen) atoms. The van der Waals surface area contributed by atoms with Gasteiger partial charge in [0, 0.05) is 55.1 Å². The van der Waals surface area contributed by atoms with Gasteiger partial charge >= 0.3 is 18.4 Å². The number of halogens is 8. The second-order valence-electron chi connectivity index (χ2n) is 11.0. The van der Waals surface area contributed by atoms with Crippen LogP contribution in [0.15, 0.2) is 60.9 Å². The van der Waals surface area contributed by atoms with Crippen LogP contribution in [0.25, 0.3) is 0 Å². The van der Waals surface area contributed by atoms with Gasteiger partial charge in [0.2, 0.25) is 5.91 Å². The van der Waals surface area contributed by atoms with Crippen molar-refractivity contribution < 1.29 is 54.6 Å². The second kappa shape index (κ2) is 15.1. The normalized spacial score (nSPS) is 17.6. The third kappa shape index (κ3) is 10.3. The van der Waals surface area contributed by atoms with Gasteiger partial charge in [-0.05, 0) is 54.3 Å². The molecule has 0 aliphatic carbocycles. The summed E-state index contributed by atoms with van der Waals surface area (Å²) >= 11 is 0. The van der Waals surface area contributed by atoms with Gasteiger partial charge in [0.25, 0.3) is 0 Å². The third-order valence-corrected chi connectivity index (χ3v) is 7.51. The zero-order valence-corrected chi connectivity index (χ0v) is 24.5. The minimum absolute atomic E-state index is 0.0613. The fourth-order valence-electron chi connectivity index (χ4n) is 5.21. The molecule has 8 nitrogen and oxygen atoms in total. The number of nitrogens with one attached hydrogen (secondary N) is 2. The smallest absolute Gasteiger partial charge is 0.417 e. The monoisotopic (exact) mass is 674 g/mol. The molecule has 2 aromatic carbocycles. The quantitative estimate of drug-likeness (QED) is 0.204. The number of amides is 2. The van der Waals surface area contributed by atoms with Gasteiger partial charge < -0.3 is 20.5 Å². The Hall–Kier alpha value is -4.31. The predicted octanol–water partition coefficient (Wildman–Crippen LogP) is 6.37. The number of ether oxygens (including phenoxy) is 1. The number of carbonyl (C=O) groups excluding carboxylic acids is 1. The lowest BCUT2D eigenvalue weighted by Crippen LogP contribution is -2.53. The summed E-state index contributed by atoms with van der Waals surface area (Å²) in [5.41, 5.74) is -0.381. The van der Waals surface area contributed by atoms with E-state index >= 15 is 0 Å². The summed E-state index contributed by atoms with van der Waals surface area (Å²) < 4.78 is 113. The lowest BCUT2D eigenvalue weighted by atomic mass is 9.88. The maximum Gasteiger partial charge on any atom is 0.417 e. The highest BCUT2D eigenvalue weighted by molar-refractivity contribution is 5.92. The van der Waals surface area contributed by atoms with Crippen LogP contribution in [-0.2, 0) is 22.1 Å². The first kappa shape index (κ1) is 35.5. The van der Waals surface area contributed by atoms with Gasteiger partial charge in [0.05, 0.1) is 18.3 Å². The zero-order valence-electron chi connectivity index (χ0n) is 24.5. The van der Waals surface area contributed by atoms with E-state index in [1.54, 1.807) is 0 Å². The van der Waals surface area contributed by atoms with Crippen molar-refractivity contribution in [1.29, 1.82) is 0 Å². The molecule has 1 saturated heterocycles. The fourth-order valence-corrected chi connectivity index (χ4v) is 5.21. The summed E-state index contributed by atoms with van der Waals surface area (Å²) in [6, 6.07) is 9.07. The van der Waals surface area contributed by atoms with Gasteiger partial charge in [-0.3, -0.25) is 14.7 Å². The predicted molar refractivity (Wildman–Crippen MR) is 153 cm³/mol. The molecule has 1 fully saturated rings. The summed E-state index contributed by atoms with van der Waals surface area (Å²) in [6.45, 7) is -2.04. The van der Waals surface area contributed by atoms with E-state index in [-0.39, 0.29) is 54.1 Å². The van der Waals surface area contributed by atoms with Gasteiger partial charge in [-0.2, -0.15) is 26.3 Å². The van der Waals surface area contributed by atoms with Crippen LogP contribution in [0.3, 0.4) is 0 Å². The molecule has 16 heteroatoms. The van der Waals surface area contributed by atoms with Crippen LogP contribution >= 0.6 is 0 Å². The Morgan fingerprint density at radius 3 is 2.38 bits per heavy atom. The molecule has 3 N–H and O–H groups in total. The Morgan fingerprint density at radius 2 is 1.77 bits per heavy atom. The number of carbonyl (C=O) groups is 2. The number of nitrogens with zero attached hydrogens (tertiary/aromatic N) is 2. The number of anilines is 1. The first-order valence-electron chi connectivity index (χ1n) is 14.3. The number of aromatic nitrogens is 1. The minimum Gasteiger partial charge on any atom is -0.465 e. The molecule has 1 aromatic heterocycles. The first-order valence-corrected chi connectivity index (χ1v) is 14.3. The molecule has 3 atom stereocenters. The van der Waals surface area contributed by atoms with E-state index < -0.39 is 72.7 Å². The van der Waals surface area contributed by atoms with Crippen LogP contribution in [0.4, 0.5) is 45.6 Å². The molecule has 2 amide bonds. The summed E-state index contributed by atoms with van der Waals surface area (Å²) in [5.74, 6) is -2.85. The van der Waals surface area contributed by atoms with Crippen molar-refractivity contribution >= 4 is 17.7 Å². The van der Waals surface area contributed by atoms with Gasteiger partial charge in [-0.1, -0.05) is 18.2 Å². The second-order valence-corrected chi connectivity index (χ2v) is 11.0. The van der Waals surface area contributed by atoms with E-state index in [0.717, 1.165) is 18.2 Å². The highest BCUT2D eigenvalue weighted by Crippen LogP contribution is 2.34. The van der Waals surface area contributed by atoms with E-state index in [1.165, 1.54) is 36.5 Å². The van der Waals surface area contributed by atoms with E-state index in [4.69, 9.17) is 9.84 Å². The maximum absolute atomic E-state index is 14.9. The minimum atomic E-state index is -4.71. The Morgan fingerprint density at radius 1 is 1.04 bits per heavy atom. The van der Waals surface area contributed by atoms with E-state index in [2.05, 4.69) is 15.6 Å². The summed E-state index contributed by atoms with van der Waals surface area (Å²) in [5, 5.41) is 14.7. The highest BCUT2D eigenvalue weighted by Gasteiger charge is 2.35. The average Bonchev–Trinajstić information content (AvgIpc) is 2.99. The van der Waals surface area contributed by atoms with Gasteiger partial charge in [0.15, 0.2) is 0 Å². The molecule has 254 valence electrons. The number of pyridine rings is 1. The number of rotatable bonds is 11. The molecule has 0 unspecified atom stereocenters. The summed E-state index contributed by atoms with van der Waals surface area (Å²) in [6.07, 6.45) is -9.90. The van der Waals surface area contributed by atoms with Crippen LogP contribution in [0, 0.1) is 11.6 Å². The molecule has 0 bridgehead atoms. The molecule has 1 aliphatic rings. The van der Waals surface area contributed by atoms with Crippen LogP contribution in [0.5, 0.6) is 0 Å². The molecule has 4 rings (SSSR count). The molecule has 0 spiro atoms. The fraction of sp³-hybridized carbons (Fsp3) is 0.387. The topological polar surface area (TPSA) is 104 Å². The molecule has 1 aliphatic heterocycles. The Labute approximate surface area is 263 Å². The molecule has 0 radical (unpaired) electrons. The van der Waals surface area contributed by atoms with Crippen LogP contribution < -0.4 is 10.6 Å². The number of hydrogen-bond acceptors (Lipinski definition) is 5. The van der Waals surface area contributed by atoms with Crippen molar-refractivity contribution in [1.82, 2.24) is 15.2 Å². The van der Waals surface area contributed by atoms with Gasteiger partial charge in [0.1, 0.15) is 18.2 Å². The lowest BCUT2D eigenvalue weighted by molar-refractivity contribution is -0.143. The number of morpholine rings is 1. The molecule has 0 saturated carbocycles. The first-order chi connectivity index (χ1) is 22.1. The van der Waals surface area contributed by atoms with Crippen molar-refractivity contribution in [3.63, 3.8) is 0 Å². The van der Waals surface area contributed by atoms with Crippen molar-refractivity contribution in [2.45, 2.75) is 49.7 Å². The average molecular weight is 675 g/mol. The Balaban J connectivity index is 1.41. The standard InChI is InChI=1S/C31H30F8N4O4/c32-21-6-4-18(5-7-21)25(19-10-20(13-40-12-19)31(37,38)39)11-28(44)42-27-3-1-2-26(33)24(27)9-8-23-14-41-22(16-47-23)15-43(29(45)46)17-30(34,35)36/h1-7,10,12-13,22-23,25,41H,8-9,11,14-17H2,(H,42,44)(H,45,46)/t22-,23+,25-/m0/s1. The number of benzene rings is 2. The van der Waals surface area contributed by atoms with Crippen molar-refractivity contribution in [3.05, 3.63) is 94.8 Å². The lowest BCUT2D eigenvalue weighted by Gasteiger charge is -2.33. The summed E-state index contributed by atoms with van der Waals surface area (Å²) in [4.78, 5) is 28.4. The van der Waals surface area contributed by atoms with E-state index in [9.17, 15) is 44.7 Å². The van der Waals surface area contributed by atoms with Crippen LogP contribution in [0.1, 0.15) is 41.0 Å². The van der Waals surface area contributed by atoms with E-state index in [1.807, 2.05) is 0 Å². The number of hydrogen-bond donors (Lipinski definition) is 3. The zero-order chi connectivity index (χ0) is 34.4. The third-order valence-electron chi connectivity index (χ3n) is 7.51. The van der Waals surface area contributed by atoms with Crippen molar-refractivity contribution in [3.8, 4) is 0 Å². The van der Waals surface area contributed by atoms with Crippen molar-refractivity contribution in [2.24, 2.45) is 0 Å². The molecular weight excluding hydrogens is 644 g/mol. The van der Waals surface area contributed by atoms with Gasteiger partial charge in [-0.15, -0.1) is 0 Å². The largest absolute Gasteiger partial charge is 0.465 e. The van der Waals surface area contributed by atoms with E-state index in [0.29, 0.717) is 11.8 Å². The molecular formula is C31H30F8N4O4. The molecule has 3 aromatic rings. The molecule has 2 heterocycles. The van der Waals surface area contributed by atoms with Crippen molar-refractivity contribution in [2.75, 3.05) is 31.6 Å². The number of alkyl halides is 6. The van der Waals surface area contributed by atoms with Crippen LogP contribution in [-0.4, -0.2) is 71.6 Å². The Bertz CT molecular complexity index is 1530. The highest BCUT2D eigenvalue weighted by atomic mass is 19.4. The number of carboxylic acid groups (broad SMARTS) is 1. The van der Waals surface area contributed by atoms with Gasteiger partial charge in [-0.25, -0.2) is 13.6 Å². The SMILES string of the molecule is O=C(C[C@@H](c1ccc(F)cc1)c1cncc(C(F)(F)F)c1)Nc1cccc(F)c1CC[C@@H]1CN[C@@H](CN(CC(F)(F)F)C(=O)O)CO1. The van der Waals surface area contributed by atoms with Crippen LogP contribution in [0.2, 0.25) is 0 Å². The Kier molecular flexibility index (Phi) is 11.4. The maximum atomic E-state index is 14.9. The summed E-state index contributed by atoms with van der Waals surface area (Å²) in [7, 11) is 0.